The fourth-order valence-electron chi connectivity index (χ4n) is 2.15. The number of nitrogens with one attached hydrogen (secondary N) is 1. The first-order valence-corrected chi connectivity index (χ1v) is 8.23. The highest BCUT2D eigenvalue weighted by Gasteiger charge is 2.10. The molecule has 1 aromatic carbocycles. The van der Waals surface area contributed by atoms with Crippen LogP contribution in [0.3, 0.4) is 0 Å². The molecule has 0 atom stereocenters. The number of anilines is 1. The van der Waals surface area contributed by atoms with Crippen LogP contribution in [0.2, 0.25) is 5.02 Å². The molecule has 0 bridgehead atoms. The lowest BCUT2D eigenvalue weighted by Crippen LogP contribution is -2.11. The first-order chi connectivity index (χ1) is 11.1. The molecule has 0 radical (unpaired) electrons. The van der Waals surface area contributed by atoms with Gasteiger partial charge in [-0.25, -0.2) is 4.98 Å². The van der Waals surface area contributed by atoms with E-state index in [9.17, 15) is 4.79 Å². The van der Waals surface area contributed by atoms with E-state index in [-0.39, 0.29) is 5.91 Å². The number of amides is 1. The summed E-state index contributed by atoms with van der Waals surface area (Å²) in [6, 6.07) is 9.31. The van der Waals surface area contributed by atoms with E-state index in [4.69, 9.17) is 11.6 Å². The van der Waals surface area contributed by atoms with Crippen LogP contribution >= 0.6 is 22.9 Å². The molecule has 0 fully saturated rings. The maximum absolute atomic E-state index is 12.1. The molecule has 0 unspecified atom stereocenters. The summed E-state index contributed by atoms with van der Waals surface area (Å²) in [5, 5.41) is 4.15. The van der Waals surface area contributed by atoms with Crippen LogP contribution in [0.4, 0.5) is 5.13 Å². The van der Waals surface area contributed by atoms with Crippen molar-refractivity contribution in [1.29, 1.82) is 0 Å². The summed E-state index contributed by atoms with van der Waals surface area (Å²) in [5.74, 6) is -0.193. The molecule has 23 heavy (non-hydrogen) atoms. The molecule has 6 heteroatoms. The van der Waals surface area contributed by atoms with Crippen molar-refractivity contribution in [3.8, 4) is 0 Å². The highest BCUT2D eigenvalue weighted by atomic mass is 35.5. The highest BCUT2D eigenvalue weighted by Crippen LogP contribution is 2.26. The number of thiazole rings is 1. The second-order valence-corrected chi connectivity index (χ2v) is 6.54. The van der Waals surface area contributed by atoms with E-state index < -0.39 is 0 Å². The monoisotopic (exact) mass is 343 g/mol. The largest absolute Gasteiger partial charge is 0.298 e. The van der Waals surface area contributed by atoms with Gasteiger partial charge in [-0.2, -0.15) is 0 Å². The molecule has 116 valence electrons. The van der Waals surface area contributed by atoms with Gasteiger partial charge in [0.25, 0.3) is 5.91 Å². The smallest absolute Gasteiger partial charge is 0.257 e. The van der Waals surface area contributed by atoms with Gasteiger partial charge < -0.3 is 0 Å². The minimum atomic E-state index is -0.193. The van der Waals surface area contributed by atoms with E-state index in [2.05, 4.69) is 15.3 Å². The lowest BCUT2D eigenvalue weighted by Gasteiger charge is -2.04. The third-order valence-electron chi connectivity index (χ3n) is 3.35. The van der Waals surface area contributed by atoms with Crippen molar-refractivity contribution in [3.05, 3.63) is 75.5 Å². The normalized spacial score (nSPS) is 10.5. The third-order valence-corrected chi connectivity index (χ3v) is 4.81. The molecule has 0 aliphatic carbocycles. The van der Waals surface area contributed by atoms with Crippen molar-refractivity contribution in [2.75, 3.05) is 5.32 Å². The Kier molecular flexibility index (Phi) is 4.69. The number of hydrogen-bond acceptors (Lipinski definition) is 4. The number of pyridine rings is 1. The minimum Gasteiger partial charge on any atom is -0.298 e. The summed E-state index contributed by atoms with van der Waals surface area (Å²) in [7, 11) is 0. The highest BCUT2D eigenvalue weighted by molar-refractivity contribution is 7.15. The van der Waals surface area contributed by atoms with Crippen LogP contribution in [0.15, 0.2) is 48.9 Å². The van der Waals surface area contributed by atoms with E-state index in [1.165, 1.54) is 11.3 Å². The summed E-state index contributed by atoms with van der Waals surface area (Å²) in [6.07, 6.45) is 5.64. The Morgan fingerprint density at radius 2 is 2.04 bits per heavy atom. The second-order valence-electron chi connectivity index (χ2n) is 5.05. The number of halogens is 1. The van der Waals surface area contributed by atoms with Gasteiger partial charge in [-0.1, -0.05) is 29.8 Å². The van der Waals surface area contributed by atoms with Gasteiger partial charge in [-0.05, 0) is 30.2 Å². The molecule has 2 aromatic heterocycles. The van der Waals surface area contributed by atoms with Gasteiger partial charge in [0, 0.05) is 40.5 Å². The molecular formula is C17H14ClN3OS. The number of hydrogen-bond donors (Lipinski definition) is 1. The Morgan fingerprint density at radius 3 is 2.83 bits per heavy atom. The van der Waals surface area contributed by atoms with Gasteiger partial charge >= 0.3 is 0 Å². The van der Waals surface area contributed by atoms with Gasteiger partial charge in [0.05, 0.1) is 0 Å². The first-order valence-electron chi connectivity index (χ1n) is 7.03. The van der Waals surface area contributed by atoms with Gasteiger partial charge in [0.15, 0.2) is 5.13 Å². The fourth-order valence-corrected chi connectivity index (χ4v) is 3.18. The molecule has 2 heterocycles. The number of rotatable bonds is 4. The maximum atomic E-state index is 12.1. The van der Waals surface area contributed by atoms with E-state index >= 15 is 0 Å². The van der Waals surface area contributed by atoms with Crippen molar-refractivity contribution in [1.82, 2.24) is 9.97 Å². The number of aromatic nitrogens is 2. The molecule has 1 amide bonds. The van der Waals surface area contributed by atoms with Gasteiger partial charge in [0.2, 0.25) is 0 Å². The van der Waals surface area contributed by atoms with Crippen LogP contribution in [0, 0.1) is 6.92 Å². The molecule has 0 saturated heterocycles. The molecule has 0 aliphatic rings. The van der Waals surface area contributed by atoms with Crippen LogP contribution in [0.25, 0.3) is 0 Å². The lowest BCUT2D eigenvalue weighted by molar-refractivity contribution is 0.102. The quantitative estimate of drug-likeness (QED) is 0.766. The molecule has 0 aliphatic heterocycles. The van der Waals surface area contributed by atoms with Crippen LogP contribution in [-0.4, -0.2) is 15.9 Å². The van der Waals surface area contributed by atoms with Gasteiger partial charge in [-0.15, -0.1) is 11.3 Å². The average molecular weight is 344 g/mol. The molecular weight excluding hydrogens is 330 g/mol. The van der Waals surface area contributed by atoms with E-state index in [1.54, 1.807) is 30.7 Å². The summed E-state index contributed by atoms with van der Waals surface area (Å²) in [6.45, 7) is 1.98. The molecule has 0 saturated carbocycles. The standard InChI is InChI=1S/C17H14ClN3OS/c1-11-3-2-4-13(15(11)18)9-14-10-20-17(23-14)21-16(22)12-5-7-19-8-6-12/h2-8,10H,9H2,1H3,(H,20,21,22). The summed E-state index contributed by atoms with van der Waals surface area (Å²) >= 11 is 7.77. The zero-order valence-corrected chi connectivity index (χ0v) is 14.0. The van der Waals surface area contributed by atoms with Crippen molar-refractivity contribution in [3.63, 3.8) is 0 Å². The molecule has 0 spiro atoms. The van der Waals surface area contributed by atoms with Gasteiger partial charge in [0.1, 0.15) is 0 Å². The van der Waals surface area contributed by atoms with Crippen molar-refractivity contribution < 1.29 is 4.79 Å². The molecule has 3 rings (SSSR count). The number of carbonyl (C=O) groups excluding carboxylic acids is 1. The van der Waals surface area contributed by atoms with Crippen LogP contribution in [0.5, 0.6) is 0 Å². The Hall–Kier alpha value is -2.24. The fraction of sp³-hybridized carbons (Fsp3) is 0.118. The average Bonchev–Trinajstić information content (AvgIpc) is 3.00. The summed E-state index contributed by atoms with van der Waals surface area (Å²) in [5.41, 5.74) is 2.67. The third kappa shape index (κ3) is 3.75. The Morgan fingerprint density at radius 1 is 1.26 bits per heavy atom. The lowest BCUT2D eigenvalue weighted by atomic mass is 10.1. The van der Waals surface area contributed by atoms with E-state index in [0.717, 1.165) is 21.0 Å². The van der Waals surface area contributed by atoms with Crippen LogP contribution < -0.4 is 5.32 Å². The molecule has 4 nitrogen and oxygen atoms in total. The summed E-state index contributed by atoms with van der Waals surface area (Å²) < 4.78 is 0. The second kappa shape index (κ2) is 6.89. The number of nitrogens with zero attached hydrogens (tertiary/aromatic N) is 2. The van der Waals surface area contributed by atoms with Crippen LogP contribution in [-0.2, 0) is 6.42 Å². The SMILES string of the molecule is Cc1cccc(Cc2cnc(NC(=O)c3ccncc3)s2)c1Cl. The maximum Gasteiger partial charge on any atom is 0.257 e. The number of aryl methyl sites for hydroxylation is 1. The zero-order valence-electron chi connectivity index (χ0n) is 12.4. The molecule has 3 aromatic rings. The Labute approximate surface area is 143 Å². The zero-order chi connectivity index (χ0) is 16.2. The Balaban J connectivity index is 1.71. The van der Waals surface area contributed by atoms with Crippen LogP contribution in [0.1, 0.15) is 26.4 Å². The minimum absolute atomic E-state index is 0.193. The van der Waals surface area contributed by atoms with E-state index in [1.807, 2.05) is 25.1 Å². The van der Waals surface area contributed by atoms with Crippen molar-refractivity contribution in [2.24, 2.45) is 0 Å². The first kappa shape index (κ1) is 15.6. The number of carbonyl (C=O) groups is 1. The predicted octanol–water partition coefficient (Wildman–Crippen LogP) is 4.34. The topological polar surface area (TPSA) is 54.9 Å². The number of benzene rings is 1. The predicted molar refractivity (Wildman–Crippen MR) is 93.3 cm³/mol. The van der Waals surface area contributed by atoms with Crippen molar-refractivity contribution >= 4 is 34.0 Å². The molecule has 1 N–H and O–H groups in total. The van der Waals surface area contributed by atoms with Crippen molar-refractivity contribution in [2.45, 2.75) is 13.3 Å². The Bertz CT molecular complexity index is 833. The summed E-state index contributed by atoms with van der Waals surface area (Å²) in [4.78, 5) is 21.3. The van der Waals surface area contributed by atoms with Gasteiger partial charge in [-0.3, -0.25) is 15.1 Å². The van der Waals surface area contributed by atoms with E-state index in [0.29, 0.717) is 17.1 Å².